The van der Waals surface area contributed by atoms with Crippen molar-refractivity contribution in [3.8, 4) is 0 Å². The third kappa shape index (κ3) is 14.2. The van der Waals surface area contributed by atoms with E-state index in [1.54, 1.807) is 0 Å². The summed E-state index contributed by atoms with van der Waals surface area (Å²) in [6.45, 7) is 15.0. The monoisotopic (exact) mass is 410 g/mol. The highest BCUT2D eigenvalue weighted by molar-refractivity contribution is 4.72. The number of rotatable bonds is 12. The third-order valence-corrected chi connectivity index (χ3v) is 4.56. The van der Waals surface area contributed by atoms with Crippen LogP contribution in [0, 0.1) is 0 Å². The first kappa shape index (κ1) is 28.7. The van der Waals surface area contributed by atoms with Crippen LogP contribution in [0.5, 0.6) is 0 Å². The van der Waals surface area contributed by atoms with Crippen LogP contribution in [0.15, 0.2) is 0 Å². The lowest BCUT2D eigenvalue weighted by atomic mass is 10.1. The Kier molecular flexibility index (Phi) is 15.4. The molecule has 0 heterocycles. The van der Waals surface area contributed by atoms with Crippen LogP contribution >= 0.6 is 0 Å². The van der Waals surface area contributed by atoms with Crippen molar-refractivity contribution in [1.29, 1.82) is 0 Å². The number of nitrogens with zero attached hydrogens (tertiary/aromatic N) is 1. The second kappa shape index (κ2) is 14.5. The van der Waals surface area contributed by atoms with Gasteiger partial charge in [-0.05, 0) is 25.7 Å². The van der Waals surface area contributed by atoms with Gasteiger partial charge in [0.25, 0.3) is 0 Å². The highest BCUT2D eigenvalue weighted by atomic mass is 19.4. The maximum atomic E-state index is 11.0. The highest BCUT2D eigenvalue weighted by Crippen LogP contribution is 2.32. The number of unbranched alkanes of at least 4 members (excludes halogenated alkanes) is 4. The lowest BCUT2D eigenvalue weighted by Crippen LogP contribution is -2.50. The molecule has 1 N–H and O–H groups in total. The van der Waals surface area contributed by atoms with Crippen molar-refractivity contribution in [2.24, 2.45) is 0 Å². The molecule has 2 nitrogen and oxygen atoms in total. The van der Waals surface area contributed by atoms with Gasteiger partial charge in [-0.25, -0.2) is 0 Å². The molecular weight excluding hydrogens is 372 g/mol. The number of quaternary nitrogens is 1. The Hall–Kier alpha value is -0.500. The molecule has 0 spiro atoms. The molecule has 0 aliphatic carbocycles. The summed E-state index contributed by atoms with van der Waals surface area (Å²) in [5, 5.41) is 7.47. The molecule has 0 aromatic rings. The highest BCUT2D eigenvalue weighted by Gasteiger charge is 2.55. The van der Waals surface area contributed by atoms with Gasteiger partial charge in [0.15, 0.2) is 0 Å². The zero-order chi connectivity index (χ0) is 21.6. The molecule has 0 amide bonds. The van der Waals surface area contributed by atoms with Crippen LogP contribution in [0.3, 0.4) is 0 Å². The Morgan fingerprint density at radius 1 is 0.593 bits per heavy atom. The minimum atomic E-state index is -5.63. The third-order valence-electron chi connectivity index (χ3n) is 4.56. The molecule has 0 rings (SSSR count). The van der Waals surface area contributed by atoms with Crippen molar-refractivity contribution in [2.45, 2.75) is 97.5 Å². The van der Waals surface area contributed by atoms with Crippen LogP contribution < -0.4 is 0 Å². The van der Waals surface area contributed by atoms with Crippen molar-refractivity contribution in [1.82, 2.24) is 0 Å². The smallest absolute Gasteiger partial charge is 0.377 e. The summed E-state index contributed by atoms with van der Waals surface area (Å²) in [4.78, 5) is 0. The van der Waals surface area contributed by atoms with E-state index in [9.17, 15) is 26.3 Å². The zero-order valence-corrected chi connectivity index (χ0v) is 17.2. The molecule has 0 bridgehead atoms. The summed E-state index contributed by atoms with van der Waals surface area (Å²) in [7, 11) is 0. The van der Waals surface area contributed by atoms with Crippen LogP contribution in [0.4, 0.5) is 26.3 Å². The van der Waals surface area contributed by atoms with Gasteiger partial charge in [0.2, 0.25) is 6.10 Å². The van der Waals surface area contributed by atoms with Crippen molar-refractivity contribution >= 4 is 0 Å². The van der Waals surface area contributed by atoms with Gasteiger partial charge in [-0.15, -0.1) is 0 Å². The van der Waals surface area contributed by atoms with Gasteiger partial charge in [0, 0.05) is 0 Å². The second-order valence-electron chi connectivity index (χ2n) is 7.14. The standard InChI is InChI=1S/C16H36N.C3H2F6O/c1-5-9-13-17(14-10-6-2,15-11-7-3)16-12-8-4;4-2(5,6)1(10)3(7,8)9/h5-16H2,1-4H3;1,10H/q+1;. The average molecular weight is 411 g/mol. The van der Waals surface area contributed by atoms with Crippen molar-refractivity contribution < 1.29 is 35.9 Å². The maximum Gasteiger partial charge on any atom is 0.423 e. The number of aliphatic hydroxyl groups excluding tert-OH is 1. The quantitative estimate of drug-likeness (QED) is 0.289. The Labute approximate surface area is 160 Å². The fourth-order valence-corrected chi connectivity index (χ4v) is 2.83. The summed E-state index contributed by atoms with van der Waals surface area (Å²) in [5.74, 6) is 0. The first-order valence-electron chi connectivity index (χ1n) is 10.1. The molecule has 0 radical (unpaired) electrons. The minimum absolute atomic E-state index is 1.35. The van der Waals surface area contributed by atoms with Crippen LogP contribution in [-0.4, -0.2) is 54.2 Å². The molecule has 27 heavy (non-hydrogen) atoms. The van der Waals surface area contributed by atoms with Gasteiger partial charge in [0.1, 0.15) is 0 Å². The van der Waals surface area contributed by atoms with E-state index in [0.717, 1.165) is 0 Å². The molecule has 0 saturated carbocycles. The molecule has 0 unspecified atom stereocenters. The number of hydrogen-bond acceptors (Lipinski definition) is 1. The van der Waals surface area contributed by atoms with E-state index in [1.807, 2.05) is 0 Å². The number of alkyl halides is 6. The zero-order valence-electron chi connectivity index (χ0n) is 17.2. The fraction of sp³-hybridized carbons (Fsp3) is 1.00. The Morgan fingerprint density at radius 2 is 0.815 bits per heavy atom. The molecule has 0 fully saturated rings. The molecule has 0 aliphatic heterocycles. The predicted molar refractivity (Wildman–Crippen MR) is 97.5 cm³/mol. The largest absolute Gasteiger partial charge is 0.423 e. The minimum Gasteiger partial charge on any atom is -0.377 e. The van der Waals surface area contributed by atoms with E-state index < -0.39 is 18.5 Å². The van der Waals surface area contributed by atoms with Crippen LogP contribution in [0.2, 0.25) is 0 Å². The van der Waals surface area contributed by atoms with E-state index in [4.69, 9.17) is 5.11 Å². The Balaban J connectivity index is 0. The summed E-state index contributed by atoms with van der Waals surface area (Å²) in [6.07, 6.45) is -4.43. The number of hydrogen-bond donors (Lipinski definition) is 1. The Bertz CT molecular complexity index is 293. The van der Waals surface area contributed by atoms with E-state index in [1.165, 1.54) is 82.0 Å². The SMILES string of the molecule is CCCC[N+](CCCC)(CCCC)CCCC.OC(C(F)(F)F)C(F)(F)F. The topological polar surface area (TPSA) is 20.2 Å². The summed E-state index contributed by atoms with van der Waals surface area (Å²) in [6, 6.07) is 0. The molecule has 0 aromatic heterocycles. The molecule has 0 saturated heterocycles. The van der Waals surface area contributed by atoms with Crippen LogP contribution in [0.25, 0.3) is 0 Å². The molecular formula is C19H38F6NO+. The molecule has 166 valence electrons. The molecule has 0 aliphatic rings. The normalized spacial score (nSPS) is 12.9. The summed E-state index contributed by atoms with van der Waals surface area (Å²) < 4.78 is 67.3. The van der Waals surface area contributed by atoms with Crippen LogP contribution in [-0.2, 0) is 0 Å². The second-order valence-corrected chi connectivity index (χ2v) is 7.14. The van der Waals surface area contributed by atoms with E-state index in [2.05, 4.69) is 27.7 Å². The van der Waals surface area contributed by atoms with Gasteiger partial charge in [-0.3, -0.25) is 0 Å². The lowest BCUT2D eigenvalue weighted by Gasteiger charge is -2.39. The van der Waals surface area contributed by atoms with E-state index in [-0.39, 0.29) is 0 Å². The molecule has 8 heteroatoms. The molecule has 0 atom stereocenters. The lowest BCUT2D eigenvalue weighted by molar-refractivity contribution is -0.929. The van der Waals surface area contributed by atoms with Crippen molar-refractivity contribution in [3.05, 3.63) is 0 Å². The molecule has 0 aromatic carbocycles. The number of halogens is 6. The average Bonchev–Trinajstić information content (AvgIpc) is 2.59. The first-order valence-corrected chi connectivity index (χ1v) is 10.1. The number of aliphatic hydroxyl groups is 1. The van der Waals surface area contributed by atoms with Crippen molar-refractivity contribution in [3.63, 3.8) is 0 Å². The summed E-state index contributed by atoms with van der Waals surface area (Å²) >= 11 is 0. The van der Waals surface area contributed by atoms with Crippen LogP contribution in [0.1, 0.15) is 79.1 Å². The first-order chi connectivity index (χ1) is 12.4. The Morgan fingerprint density at radius 3 is 0.926 bits per heavy atom. The van der Waals surface area contributed by atoms with Gasteiger partial charge < -0.3 is 9.59 Å². The van der Waals surface area contributed by atoms with Gasteiger partial charge >= 0.3 is 12.4 Å². The van der Waals surface area contributed by atoms with Crippen molar-refractivity contribution in [2.75, 3.05) is 26.2 Å². The van der Waals surface area contributed by atoms with Gasteiger partial charge in [-0.1, -0.05) is 53.4 Å². The summed E-state index contributed by atoms with van der Waals surface area (Å²) in [5.41, 5.74) is 0. The van der Waals surface area contributed by atoms with E-state index in [0.29, 0.717) is 0 Å². The van der Waals surface area contributed by atoms with Gasteiger partial charge in [0.05, 0.1) is 26.2 Å². The maximum absolute atomic E-state index is 11.0. The predicted octanol–water partition coefficient (Wildman–Crippen LogP) is 6.48. The fourth-order valence-electron chi connectivity index (χ4n) is 2.83. The van der Waals surface area contributed by atoms with Gasteiger partial charge in [-0.2, -0.15) is 26.3 Å². The van der Waals surface area contributed by atoms with E-state index >= 15 is 0 Å².